The van der Waals surface area contributed by atoms with Gasteiger partial charge in [0.1, 0.15) is 5.82 Å². The Labute approximate surface area is 180 Å². The Morgan fingerprint density at radius 3 is 2.74 bits per heavy atom. The van der Waals surface area contributed by atoms with Crippen LogP contribution in [0.15, 0.2) is 42.9 Å². The number of amides is 3. The fourth-order valence-electron chi connectivity index (χ4n) is 3.79. The van der Waals surface area contributed by atoms with Gasteiger partial charge in [-0.2, -0.15) is 0 Å². The molecular weight excluding hydrogens is 394 g/mol. The molecule has 0 aromatic carbocycles. The van der Waals surface area contributed by atoms with Gasteiger partial charge in [0.25, 0.3) is 5.91 Å². The number of carbonyl (C=O) groups excluding carboxylic acids is 2. The molecule has 4 rings (SSSR count). The van der Waals surface area contributed by atoms with Crippen LogP contribution in [0.1, 0.15) is 47.9 Å². The fourth-order valence-corrected chi connectivity index (χ4v) is 3.79. The molecule has 0 unspecified atom stereocenters. The molecular formula is C22H27N7O2. The third kappa shape index (κ3) is 4.82. The van der Waals surface area contributed by atoms with Crippen molar-refractivity contribution in [1.29, 1.82) is 0 Å². The Morgan fingerprint density at radius 1 is 1.16 bits per heavy atom. The molecule has 0 aliphatic carbocycles. The van der Waals surface area contributed by atoms with E-state index in [1.165, 1.54) is 0 Å². The molecule has 4 heterocycles. The van der Waals surface area contributed by atoms with Crippen molar-refractivity contribution in [3.8, 4) is 0 Å². The summed E-state index contributed by atoms with van der Waals surface area (Å²) in [6.45, 7) is 5.69. The normalized spacial score (nSPS) is 16.1. The molecule has 2 N–H and O–H groups in total. The number of rotatable bonds is 6. The summed E-state index contributed by atoms with van der Waals surface area (Å²) in [5.41, 5.74) is 2.36. The summed E-state index contributed by atoms with van der Waals surface area (Å²) in [6, 6.07) is 7.47. The number of hydrogen-bond donors (Lipinski definition) is 2. The third-order valence-corrected chi connectivity index (χ3v) is 5.39. The van der Waals surface area contributed by atoms with Gasteiger partial charge in [0.05, 0.1) is 5.56 Å². The van der Waals surface area contributed by atoms with E-state index in [1.54, 1.807) is 35.6 Å². The molecule has 162 valence electrons. The van der Waals surface area contributed by atoms with Gasteiger partial charge in [-0.3, -0.25) is 14.2 Å². The summed E-state index contributed by atoms with van der Waals surface area (Å²) in [7, 11) is 0. The minimum Gasteiger partial charge on any atom is -0.352 e. The molecule has 1 fully saturated rings. The van der Waals surface area contributed by atoms with E-state index in [-0.39, 0.29) is 23.9 Å². The maximum atomic E-state index is 12.6. The summed E-state index contributed by atoms with van der Waals surface area (Å²) in [6.07, 6.45) is 6.83. The van der Waals surface area contributed by atoms with Crippen molar-refractivity contribution in [3.05, 3.63) is 59.8 Å². The summed E-state index contributed by atoms with van der Waals surface area (Å²) in [5, 5.41) is 14.5. The minimum atomic E-state index is -0.139. The van der Waals surface area contributed by atoms with Crippen molar-refractivity contribution in [2.24, 2.45) is 0 Å². The zero-order valence-corrected chi connectivity index (χ0v) is 17.8. The van der Waals surface area contributed by atoms with E-state index in [1.807, 2.05) is 30.4 Å². The average Bonchev–Trinajstić information content (AvgIpc) is 3.40. The first-order valence-electron chi connectivity index (χ1n) is 10.6. The maximum Gasteiger partial charge on any atom is 0.317 e. The second-order valence-corrected chi connectivity index (χ2v) is 8.10. The van der Waals surface area contributed by atoms with Crippen molar-refractivity contribution >= 4 is 17.6 Å². The lowest BCUT2D eigenvalue weighted by Gasteiger charge is -2.18. The zero-order valence-electron chi connectivity index (χ0n) is 17.8. The van der Waals surface area contributed by atoms with Crippen LogP contribution in [0.5, 0.6) is 0 Å². The SMILES string of the molecule is CC(C)NC(=O)N1CC[C@H](c2nnc3ccc(C(=O)NCCc4ccncc4)cn23)C1. The third-order valence-electron chi connectivity index (χ3n) is 5.39. The molecule has 1 aliphatic rings. The molecule has 0 saturated carbocycles. The predicted octanol–water partition coefficient (Wildman–Crippen LogP) is 2.00. The quantitative estimate of drug-likeness (QED) is 0.634. The average molecular weight is 422 g/mol. The van der Waals surface area contributed by atoms with Crippen LogP contribution in [-0.4, -0.2) is 62.1 Å². The molecule has 31 heavy (non-hydrogen) atoms. The zero-order chi connectivity index (χ0) is 21.8. The molecule has 1 aliphatic heterocycles. The van der Waals surface area contributed by atoms with Gasteiger partial charge in [-0.05, 0) is 56.5 Å². The summed E-state index contributed by atoms with van der Waals surface area (Å²) < 4.78 is 1.87. The van der Waals surface area contributed by atoms with Gasteiger partial charge in [0.2, 0.25) is 0 Å². The van der Waals surface area contributed by atoms with Crippen molar-refractivity contribution in [2.45, 2.75) is 38.6 Å². The van der Waals surface area contributed by atoms with Crippen molar-refractivity contribution in [3.63, 3.8) is 0 Å². The van der Waals surface area contributed by atoms with Crippen molar-refractivity contribution in [1.82, 2.24) is 35.1 Å². The van der Waals surface area contributed by atoms with E-state index < -0.39 is 0 Å². The van der Waals surface area contributed by atoms with E-state index in [0.29, 0.717) is 30.8 Å². The lowest BCUT2D eigenvalue weighted by atomic mass is 10.1. The van der Waals surface area contributed by atoms with Crippen LogP contribution in [0.25, 0.3) is 5.65 Å². The van der Waals surface area contributed by atoms with Crippen LogP contribution >= 0.6 is 0 Å². The highest BCUT2D eigenvalue weighted by molar-refractivity contribution is 5.94. The van der Waals surface area contributed by atoms with E-state index in [2.05, 4.69) is 25.8 Å². The smallest absolute Gasteiger partial charge is 0.317 e. The second kappa shape index (κ2) is 9.11. The first-order valence-corrected chi connectivity index (χ1v) is 10.6. The number of urea groups is 1. The Balaban J connectivity index is 1.43. The van der Waals surface area contributed by atoms with Crippen LogP contribution < -0.4 is 10.6 Å². The van der Waals surface area contributed by atoms with Gasteiger partial charge in [-0.25, -0.2) is 4.79 Å². The van der Waals surface area contributed by atoms with Crippen LogP contribution in [0, 0.1) is 0 Å². The van der Waals surface area contributed by atoms with Gasteiger partial charge in [-0.1, -0.05) is 0 Å². The Morgan fingerprint density at radius 2 is 1.97 bits per heavy atom. The van der Waals surface area contributed by atoms with E-state index in [0.717, 1.165) is 24.2 Å². The van der Waals surface area contributed by atoms with Crippen LogP contribution in [0.2, 0.25) is 0 Å². The van der Waals surface area contributed by atoms with Crippen LogP contribution in [0.4, 0.5) is 4.79 Å². The number of carbonyl (C=O) groups is 2. The Kier molecular flexibility index (Phi) is 6.11. The number of nitrogens with one attached hydrogen (secondary N) is 2. The summed E-state index contributed by atoms with van der Waals surface area (Å²) in [5.74, 6) is 0.721. The van der Waals surface area contributed by atoms with Gasteiger partial charge in [0.15, 0.2) is 5.65 Å². The summed E-state index contributed by atoms with van der Waals surface area (Å²) in [4.78, 5) is 30.7. The van der Waals surface area contributed by atoms with Crippen molar-refractivity contribution in [2.75, 3.05) is 19.6 Å². The largest absolute Gasteiger partial charge is 0.352 e. The Bertz CT molecular complexity index is 1060. The molecule has 0 radical (unpaired) electrons. The molecule has 3 aromatic rings. The van der Waals surface area contributed by atoms with Crippen LogP contribution in [-0.2, 0) is 6.42 Å². The number of aromatic nitrogens is 4. The highest BCUT2D eigenvalue weighted by Crippen LogP contribution is 2.26. The number of fused-ring (bicyclic) bond motifs is 1. The molecule has 0 spiro atoms. The van der Waals surface area contributed by atoms with E-state index in [4.69, 9.17) is 0 Å². The maximum absolute atomic E-state index is 12.6. The van der Waals surface area contributed by atoms with Crippen molar-refractivity contribution < 1.29 is 9.59 Å². The topological polar surface area (TPSA) is 105 Å². The molecule has 3 amide bonds. The molecule has 1 atom stereocenters. The Hall–Kier alpha value is -3.49. The van der Waals surface area contributed by atoms with E-state index >= 15 is 0 Å². The number of hydrogen-bond acceptors (Lipinski definition) is 5. The highest BCUT2D eigenvalue weighted by atomic mass is 16.2. The predicted molar refractivity (Wildman–Crippen MR) is 116 cm³/mol. The monoisotopic (exact) mass is 421 g/mol. The van der Waals surface area contributed by atoms with E-state index in [9.17, 15) is 9.59 Å². The molecule has 9 heteroatoms. The van der Waals surface area contributed by atoms with Gasteiger partial charge in [0, 0.05) is 50.2 Å². The molecule has 0 bridgehead atoms. The van der Waals surface area contributed by atoms with Gasteiger partial charge in [-0.15, -0.1) is 10.2 Å². The highest BCUT2D eigenvalue weighted by Gasteiger charge is 2.30. The minimum absolute atomic E-state index is 0.0550. The van der Waals surface area contributed by atoms with Gasteiger partial charge >= 0.3 is 6.03 Å². The summed E-state index contributed by atoms with van der Waals surface area (Å²) >= 11 is 0. The molecule has 3 aromatic heterocycles. The molecule has 9 nitrogen and oxygen atoms in total. The number of likely N-dealkylation sites (tertiary alicyclic amines) is 1. The number of pyridine rings is 2. The number of nitrogens with zero attached hydrogens (tertiary/aromatic N) is 5. The first kappa shape index (κ1) is 20.8. The fraction of sp³-hybridized carbons (Fsp3) is 0.409. The van der Waals surface area contributed by atoms with Crippen LogP contribution in [0.3, 0.4) is 0 Å². The lowest BCUT2D eigenvalue weighted by molar-refractivity contribution is 0.0953. The van der Waals surface area contributed by atoms with Gasteiger partial charge < -0.3 is 15.5 Å². The molecule has 1 saturated heterocycles. The second-order valence-electron chi connectivity index (χ2n) is 8.10. The lowest BCUT2D eigenvalue weighted by Crippen LogP contribution is -2.41. The standard InChI is InChI=1S/C22H27N7O2/c1-15(2)25-22(31)28-12-8-17(13-28)20-27-26-19-4-3-18(14-29(19)20)21(30)24-11-7-16-5-9-23-10-6-16/h3-6,9-10,14-15,17H,7-8,11-13H2,1-2H3,(H,24,30)(H,25,31)/t17-/m0/s1. The first-order chi connectivity index (χ1) is 15.0.